The molecule has 1 N–H and O–H groups in total. The van der Waals surface area contributed by atoms with E-state index in [-0.39, 0.29) is 0 Å². The zero-order chi connectivity index (χ0) is 14.1. The average Bonchev–Trinajstić information content (AvgIpc) is 3.05. The molecule has 0 aliphatic carbocycles. The topological polar surface area (TPSA) is 18.5 Å². The summed E-state index contributed by atoms with van der Waals surface area (Å²) in [7, 11) is 0. The molecule has 3 nitrogen and oxygen atoms in total. The third kappa shape index (κ3) is 2.75. The predicted octanol–water partition coefficient (Wildman–Crippen LogP) is 2.26. The van der Waals surface area contributed by atoms with Gasteiger partial charge in [-0.15, -0.1) is 0 Å². The van der Waals surface area contributed by atoms with E-state index in [0.29, 0.717) is 6.04 Å². The highest BCUT2D eigenvalue weighted by atomic mass is 15.3. The normalized spacial score (nSPS) is 34.8. The van der Waals surface area contributed by atoms with Crippen LogP contribution < -0.4 is 5.32 Å². The number of rotatable bonds is 2. The lowest BCUT2D eigenvalue weighted by Crippen LogP contribution is -2.45. The molecule has 3 aliphatic rings. The van der Waals surface area contributed by atoms with Crippen molar-refractivity contribution in [3.8, 4) is 0 Å². The molecule has 0 amide bonds. The zero-order valence-electron chi connectivity index (χ0n) is 12.9. The first-order chi connectivity index (χ1) is 10.4. The van der Waals surface area contributed by atoms with Crippen LogP contribution >= 0.6 is 0 Å². The smallest absolute Gasteiger partial charge is 0.0449 e. The van der Waals surface area contributed by atoms with Gasteiger partial charge in [-0.3, -0.25) is 9.80 Å². The summed E-state index contributed by atoms with van der Waals surface area (Å²) < 4.78 is 0. The predicted molar refractivity (Wildman–Crippen MR) is 86.4 cm³/mol. The fourth-order valence-corrected chi connectivity index (χ4v) is 4.64. The molecule has 4 rings (SSSR count). The van der Waals surface area contributed by atoms with Crippen LogP contribution in [0.1, 0.15) is 37.3 Å². The Labute approximate surface area is 128 Å². The van der Waals surface area contributed by atoms with Crippen LogP contribution in [-0.4, -0.2) is 54.6 Å². The number of hydrogen-bond acceptors (Lipinski definition) is 3. The average molecular weight is 285 g/mol. The van der Waals surface area contributed by atoms with Gasteiger partial charge < -0.3 is 5.32 Å². The van der Waals surface area contributed by atoms with Gasteiger partial charge in [0.25, 0.3) is 0 Å². The number of nitrogens with one attached hydrogen (secondary N) is 1. The Kier molecular flexibility index (Phi) is 3.97. The summed E-state index contributed by atoms with van der Waals surface area (Å²) >= 11 is 0. The Morgan fingerprint density at radius 3 is 2.57 bits per heavy atom. The van der Waals surface area contributed by atoms with Gasteiger partial charge in [-0.25, -0.2) is 0 Å². The van der Waals surface area contributed by atoms with Crippen molar-refractivity contribution in [1.29, 1.82) is 0 Å². The summed E-state index contributed by atoms with van der Waals surface area (Å²) in [5, 5.41) is 3.76. The molecule has 0 spiro atoms. The van der Waals surface area contributed by atoms with Crippen molar-refractivity contribution in [3.63, 3.8) is 0 Å². The van der Waals surface area contributed by atoms with E-state index in [1.807, 2.05) is 0 Å². The van der Waals surface area contributed by atoms with Crippen molar-refractivity contribution in [2.75, 3.05) is 32.7 Å². The van der Waals surface area contributed by atoms with E-state index in [1.54, 1.807) is 0 Å². The zero-order valence-corrected chi connectivity index (χ0v) is 12.9. The Morgan fingerprint density at radius 1 is 0.857 bits per heavy atom. The highest BCUT2D eigenvalue weighted by molar-refractivity contribution is 5.19. The second-order valence-corrected chi connectivity index (χ2v) is 6.87. The molecule has 1 aromatic carbocycles. The molecule has 3 heteroatoms. The maximum atomic E-state index is 3.76. The molecule has 114 valence electrons. The van der Waals surface area contributed by atoms with Crippen LogP contribution in [0.3, 0.4) is 0 Å². The summed E-state index contributed by atoms with van der Waals surface area (Å²) in [5.41, 5.74) is 1.45. The fraction of sp³-hybridized carbons (Fsp3) is 0.667. The molecule has 0 bridgehead atoms. The van der Waals surface area contributed by atoms with E-state index >= 15 is 0 Å². The lowest BCUT2D eigenvalue weighted by atomic mass is 10.0. The molecule has 3 saturated heterocycles. The summed E-state index contributed by atoms with van der Waals surface area (Å²) in [6.07, 6.45) is 5.50. The van der Waals surface area contributed by atoms with Gasteiger partial charge in [0.15, 0.2) is 0 Å². The molecule has 3 fully saturated rings. The summed E-state index contributed by atoms with van der Waals surface area (Å²) in [4.78, 5) is 5.54. The molecule has 0 aromatic heterocycles. The molecule has 0 saturated carbocycles. The van der Waals surface area contributed by atoms with Gasteiger partial charge in [0.1, 0.15) is 0 Å². The van der Waals surface area contributed by atoms with Crippen molar-refractivity contribution in [1.82, 2.24) is 15.1 Å². The van der Waals surface area contributed by atoms with E-state index in [9.17, 15) is 0 Å². The highest BCUT2D eigenvalue weighted by Crippen LogP contribution is 2.32. The first-order valence-corrected chi connectivity index (χ1v) is 8.68. The standard InChI is InChI=1S/C18H27N3/c1-2-6-15(7-3-1)16-14-21(12-5-10-19-16)18-9-13-20-11-4-8-17(18)20/h1-3,6-7,16-19H,4-5,8-14H2. The molecular formula is C18H27N3. The van der Waals surface area contributed by atoms with Gasteiger partial charge in [-0.2, -0.15) is 0 Å². The van der Waals surface area contributed by atoms with E-state index < -0.39 is 0 Å². The molecule has 3 unspecified atom stereocenters. The molecule has 1 aromatic rings. The van der Waals surface area contributed by atoms with Crippen LogP contribution in [-0.2, 0) is 0 Å². The maximum absolute atomic E-state index is 3.76. The van der Waals surface area contributed by atoms with E-state index in [2.05, 4.69) is 45.4 Å². The second kappa shape index (κ2) is 6.07. The summed E-state index contributed by atoms with van der Waals surface area (Å²) in [6, 6.07) is 13.2. The van der Waals surface area contributed by atoms with E-state index in [4.69, 9.17) is 0 Å². The highest BCUT2D eigenvalue weighted by Gasteiger charge is 2.40. The summed E-state index contributed by atoms with van der Waals surface area (Å²) in [6.45, 7) is 6.27. The number of fused-ring (bicyclic) bond motifs is 1. The fourth-order valence-electron chi connectivity index (χ4n) is 4.64. The van der Waals surface area contributed by atoms with Gasteiger partial charge in [-0.05, 0) is 50.9 Å². The second-order valence-electron chi connectivity index (χ2n) is 6.87. The summed E-state index contributed by atoms with van der Waals surface area (Å²) in [5.74, 6) is 0. The van der Waals surface area contributed by atoms with Crippen molar-refractivity contribution in [2.24, 2.45) is 0 Å². The van der Waals surface area contributed by atoms with Crippen molar-refractivity contribution in [2.45, 2.75) is 43.8 Å². The molecule has 3 atom stereocenters. The van der Waals surface area contributed by atoms with Crippen LogP contribution in [0.15, 0.2) is 30.3 Å². The van der Waals surface area contributed by atoms with Crippen LogP contribution in [0, 0.1) is 0 Å². The minimum Gasteiger partial charge on any atom is -0.309 e. The minimum atomic E-state index is 0.504. The Morgan fingerprint density at radius 2 is 1.67 bits per heavy atom. The van der Waals surface area contributed by atoms with Crippen LogP contribution in [0.2, 0.25) is 0 Å². The number of benzene rings is 1. The molecular weight excluding hydrogens is 258 g/mol. The Bertz CT molecular complexity index is 461. The number of nitrogens with zero attached hydrogens (tertiary/aromatic N) is 2. The third-order valence-corrected chi connectivity index (χ3v) is 5.67. The minimum absolute atomic E-state index is 0.504. The lowest BCUT2D eigenvalue weighted by Gasteiger charge is -2.33. The first kappa shape index (κ1) is 13.7. The molecule has 0 radical (unpaired) electrons. The van der Waals surface area contributed by atoms with Gasteiger partial charge in [-0.1, -0.05) is 30.3 Å². The van der Waals surface area contributed by atoms with Crippen LogP contribution in [0.5, 0.6) is 0 Å². The van der Waals surface area contributed by atoms with Crippen molar-refractivity contribution >= 4 is 0 Å². The quantitative estimate of drug-likeness (QED) is 0.899. The monoisotopic (exact) mass is 285 g/mol. The van der Waals surface area contributed by atoms with Gasteiger partial charge in [0.2, 0.25) is 0 Å². The van der Waals surface area contributed by atoms with Crippen LogP contribution in [0.25, 0.3) is 0 Å². The number of hydrogen-bond donors (Lipinski definition) is 1. The SMILES string of the molecule is c1ccc(C2CN(C3CCN4CCCC34)CCCN2)cc1. The van der Waals surface area contributed by atoms with E-state index in [1.165, 1.54) is 57.4 Å². The van der Waals surface area contributed by atoms with E-state index in [0.717, 1.165) is 18.6 Å². The molecule has 3 heterocycles. The largest absolute Gasteiger partial charge is 0.309 e. The van der Waals surface area contributed by atoms with Gasteiger partial charge >= 0.3 is 0 Å². The van der Waals surface area contributed by atoms with Crippen molar-refractivity contribution in [3.05, 3.63) is 35.9 Å². The Balaban J connectivity index is 1.50. The molecule has 3 aliphatic heterocycles. The third-order valence-electron chi connectivity index (χ3n) is 5.67. The van der Waals surface area contributed by atoms with Crippen LogP contribution in [0.4, 0.5) is 0 Å². The maximum Gasteiger partial charge on any atom is 0.0449 e. The van der Waals surface area contributed by atoms with Gasteiger partial charge in [0.05, 0.1) is 0 Å². The van der Waals surface area contributed by atoms with Crippen molar-refractivity contribution < 1.29 is 0 Å². The molecule has 21 heavy (non-hydrogen) atoms. The first-order valence-electron chi connectivity index (χ1n) is 8.68. The Hall–Kier alpha value is -0.900. The lowest BCUT2D eigenvalue weighted by molar-refractivity contribution is 0.157. The van der Waals surface area contributed by atoms with Gasteiger partial charge in [0, 0.05) is 31.2 Å².